The van der Waals surface area contributed by atoms with E-state index in [0.29, 0.717) is 11.5 Å². The van der Waals surface area contributed by atoms with Crippen LogP contribution in [0.25, 0.3) is 0 Å². The highest BCUT2D eigenvalue weighted by Crippen LogP contribution is 2.61. The molecule has 1 saturated heterocycles. The van der Waals surface area contributed by atoms with Crippen molar-refractivity contribution in [2.24, 2.45) is 16.7 Å². The Kier molecular flexibility index (Phi) is 3.22. The van der Waals surface area contributed by atoms with Gasteiger partial charge in [-0.3, -0.25) is 0 Å². The van der Waals surface area contributed by atoms with Crippen LogP contribution in [0.4, 0.5) is 0 Å². The van der Waals surface area contributed by atoms with E-state index >= 15 is 0 Å². The summed E-state index contributed by atoms with van der Waals surface area (Å²) in [6.45, 7) is 12.3. The molecule has 1 aliphatic heterocycles. The minimum atomic E-state index is 0.388. The molecule has 0 aromatic heterocycles. The summed E-state index contributed by atoms with van der Waals surface area (Å²) in [7, 11) is 0. The van der Waals surface area contributed by atoms with E-state index in [4.69, 9.17) is 0 Å². The molecule has 0 radical (unpaired) electrons. The van der Waals surface area contributed by atoms with Crippen LogP contribution in [-0.4, -0.2) is 37.1 Å². The van der Waals surface area contributed by atoms with E-state index in [0.717, 1.165) is 11.3 Å². The van der Waals surface area contributed by atoms with Crippen molar-refractivity contribution in [3.63, 3.8) is 0 Å². The molecule has 1 unspecified atom stereocenters. The third-order valence-corrected chi connectivity index (χ3v) is 5.40. The Balaban J connectivity index is 1.60. The first-order valence-electron chi connectivity index (χ1n) is 7.95. The molecule has 0 aromatic rings. The molecule has 18 heavy (non-hydrogen) atoms. The zero-order valence-electron chi connectivity index (χ0n) is 12.5. The molecular weight excluding hydrogens is 220 g/mol. The van der Waals surface area contributed by atoms with E-state index in [1.807, 2.05) is 0 Å². The van der Waals surface area contributed by atoms with E-state index in [2.05, 4.69) is 31.0 Å². The van der Waals surface area contributed by atoms with E-state index in [1.54, 1.807) is 0 Å². The van der Waals surface area contributed by atoms with E-state index in [9.17, 15) is 0 Å². The van der Waals surface area contributed by atoms with Gasteiger partial charge in [-0.15, -0.1) is 0 Å². The van der Waals surface area contributed by atoms with Crippen LogP contribution in [0.1, 0.15) is 52.9 Å². The molecule has 0 amide bonds. The second-order valence-electron chi connectivity index (χ2n) is 8.10. The molecule has 2 heteroatoms. The summed E-state index contributed by atoms with van der Waals surface area (Å²) in [5, 5.41) is 3.76. The summed E-state index contributed by atoms with van der Waals surface area (Å²) >= 11 is 0. The molecule has 0 bridgehead atoms. The lowest BCUT2D eigenvalue weighted by Gasteiger charge is -2.35. The first-order chi connectivity index (χ1) is 8.50. The van der Waals surface area contributed by atoms with E-state index in [1.165, 1.54) is 58.3 Å². The highest BCUT2D eigenvalue weighted by Gasteiger charge is 2.54. The molecular formula is C16H30N2. The Morgan fingerprint density at radius 1 is 1.22 bits per heavy atom. The lowest BCUT2D eigenvalue weighted by atomic mass is 9.86. The maximum atomic E-state index is 3.76. The lowest BCUT2D eigenvalue weighted by molar-refractivity contribution is 0.163. The van der Waals surface area contributed by atoms with Gasteiger partial charge in [-0.25, -0.2) is 0 Å². The van der Waals surface area contributed by atoms with Crippen molar-refractivity contribution in [3.8, 4) is 0 Å². The molecule has 0 aromatic carbocycles. The minimum absolute atomic E-state index is 0.388. The van der Waals surface area contributed by atoms with E-state index < -0.39 is 0 Å². The monoisotopic (exact) mass is 250 g/mol. The Labute approximate surface area is 113 Å². The quantitative estimate of drug-likeness (QED) is 0.828. The first kappa shape index (κ1) is 12.9. The second kappa shape index (κ2) is 4.49. The molecule has 1 atom stereocenters. The highest BCUT2D eigenvalue weighted by atomic mass is 15.2. The van der Waals surface area contributed by atoms with Crippen molar-refractivity contribution in [1.82, 2.24) is 10.2 Å². The number of rotatable bonds is 3. The largest absolute Gasteiger partial charge is 0.312 e. The van der Waals surface area contributed by atoms with Gasteiger partial charge in [0, 0.05) is 19.1 Å². The Morgan fingerprint density at radius 2 is 1.94 bits per heavy atom. The number of hydrogen-bond donors (Lipinski definition) is 1. The van der Waals surface area contributed by atoms with Gasteiger partial charge in [-0.2, -0.15) is 0 Å². The Bertz CT molecular complexity index is 297. The minimum Gasteiger partial charge on any atom is -0.312 e. The zero-order valence-corrected chi connectivity index (χ0v) is 12.5. The molecule has 3 fully saturated rings. The highest BCUT2D eigenvalue weighted by molar-refractivity contribution is 5.06. The van der Waals surface area contributed by atoms with Gasteiger partial charge in [0.05, 0.1) is 0 Å². The molecule has 1 heterocycles. The Hall–Kier alpha value is -0.0800. The third kappa shape index (κ3) is 2.75. The van der Waals surface area contributed by atoms with Crippen LogP contribution in [0.3, 0.4) is 0 Å². The van der Waals surface area contributed by atoms with Crippen molar-refractivity contribution in [1.29, 1.82) is 0 Å². The summed E-state index contributed by atoms with van der Waals surface area (Å²) < 4.78 is 0. The van der Waals surface area contributed by atoms with Crippen LogP contribution in [0, 0.1) is 16.7 Å². The molecule has 1 N–H and O–H groups in total. The van der Waals surface area contributed by atoms with Gasteiger partial charge in [0.15, 0.2) is 0 Å². The molecule has 3 rings (SSSR count). The zero-order chi connectivity index (χ0) is 12.8. The van der Waals surface area contributed by atoms with Crippen LogP contribution >= 0.6 is 0 Å². The van der Waals surface area contributed by atoms with Crippen LogP contribution in [0.15, 0.2) is 0 Å². The first-order valence-corrected chi connectivity index (χ1v) is 7.95. The topological polar surface area (TPSA) is 15.3 Å². The average molecular weight is 250 g/mol. The fourth-order valence-electron chi connectivity index (χ4n) is 3.71. The standard InChI is InChI=1S/C16H30N2/c1-15(2,3)14-11-18(10-4-9-17-14)12-16(7-8-16)13-5-6-13/h13-14,17H,4-12H2,1-3H3. The normalized spacial score (nSPS) is 33.2. The molecule has 2 aliphatic carbocycles. The summed E-state index contributed by atoms with van der Waals surface area (Å²) in [4.78, 5) is 2.78. The van der Waals surface area contributed by atoms with Crippen molar-refractivity contribution in [3.05, 3.63) is 0 Å². The van der Waals surface area contributed by atoms with Crippen molar-refractivity contribution < 1.29 is 0 Å². The number of nitrogens with zero attached hydrogens (tertiary/aromatic N) is 1. The predicted octanol–water partition coefficient (Wildman–Crippen LogP) is 2.89. The SMILES string of the molecule is CC(C)(C)C1CN(CC2(C3CC3)CC2)CCCN1. The van der Waals surface area contributed by atoms with Gasteiger partial charge >= 0.3 is 0 Å². The van der Waals surface area contributed by atoms with Crippen molar-refractivity contribution >= 4 is 0 Å². The van der Waals surface area contributed by atoms with Gasteiger partial charge in [0.1, 0.15) is 0 Å². The smallest absolute Gasteiger partial charge is 0.0243 e. The van der Waals surface area contributed by atoms with Crippen LogP contribution < -0.4 is 5.32 Å². The van der Waals surface area contributed by atoms with Crippen LogP contribution in [-0.2, 0) is 0 Å². The summed E-state index contributed by atoms with van der Waals surface area (Å²) in [6, 6.07) is 0.662. The van der Waals surface area contributed by atoms with Gasteiger partial charge < -0.3 is 10.2 Å². The summed E-state index contributed by atoms with van der Waals surface area (Å²) in [6.07, 6.45) is 7.40. The molecule has 0 spiro atoms. The molecule has 3 aliphatic rings. The van der Waals surface area contributed by atoms with Crippen molar-refractivity contribution in [2.45, 2.75) is 58.9 Å². The maximum absolute atomic E-state index is 3.76. The van der Waals surface area contributed by atoms with Gasteiger partial charge in [0.25, 0.3) is 0 Å². The summed E-state index contributed by atoms with van der Waals surface area (Å²) in [5.74, 6) is 1.10. The third-order valence-electron chi connectivity index (χ3n) is 5.40. The maximum Gasteiger partial charge on any atom is 0.0243 e. The van der Waals surface area contributed by atoms with Gasteiger partial charge in [-0.05, 0) is 61.9 Å². The average Bonchev–Trinajstić information content (AvgIpc) is 3.15. The fraction of sp³-hybridized carbons (Fsp3) is 1.00. The molecule has 2 nitrogen and oxygen atoms in total. The van der Waals surface area contributed by atoms with Gasteiger partial charge in [-0.1, -0.05) is 20.8 Å². The van der Waals surface area contributed by atoms with Gasteiger partial charge in [0.2, 0.25) is 0 Å². The number of nitrogens with one attached hydrogen (secondary N) is 1. The molecule has 2 saturated carbocycles. The number of hydrogen-bond acceptors (Lipinski definition) is 2. The summed E-state index contributed by atoms with van der Waals surface area (Å²) in [5.41, 5.74) is 1.16. The Morgan fingerprint density at radius 3 is 2.50 bits per heavy atom. The van der Waals surface area contributed by atoms with Crippen molar-refractivity contribution in [2.75, 3.05) is 26.2 Å². The second-order valence-corrected chi connectivity index (χ2v) is 8.10. The van der Waals surface area contributed by atoms with E-state index in [-0.39, 0.29) is 0 Å². The van der Waals surface area contributed by atoms with Crippen LogP contribution in [0.2, 0.25) is 0 Å². The predicted molar refractivity (Wildman–Crippen MR) is 76.7 cm³/mol. The fourth-order valence-corrected chi connectivity index (χ4v) is 3.71. The lowest BCUT2D eigenvalue weighted by Crippen LogP contribution is -2.47. The van der Waals surface area contributed by atoms with Crippen LogP contribution in [0.5, 0.6) is 0 Å². The molecule has 104 valence electrons.